The Morgan fingerprint density at radius 3 is 2.50 bits per heavy atom. The normalized spacial score (nSPS) is 15.1. The summed E-state index contributed by atoms with van der Waals surface area (Å²) >= 11 is 0. The summed E-state index contributed by atoms with van der Waals surface area (Å²) in [4.78, 5) is 10.4. The molecule has 14 heavy (non-hydrogen) atoms. The molecule has 2 atom stereocenters. The summed E-state index contributed by atoms with van der Waals surface area (Å²) in [5, 5.41) is 8.58. The molecule has 0 heterocycles. The lowest BCUT2D eigenvalue weighted by molar-refractivity contribution is -0.149. The van der Waals surface area contributed by atoms with Crippen LogP contribution in [-0.2, 0) is 9.53 Å². The van der Waals surface area contributed by atoms with Crippen molar-refractivity contribution in [2.75, 3.05) is 6.61 Å². The molecule has 0 aliphatic rings. The standard InChI is InChI=1S/C11H22O3/c1-4-5-6-7-9(2)8-14-10(3)11(12)13/h9-10H,4-8H2,1-3H3,(H,12,13). The van der Waals surface area contributed by atoms with Crippen LogP contribution in [0.5, 0.6) is 0 Å². The molecule has 0 amide bonds. The minimum atomic E-state index is -0.884. The Morgan fingerprint density at radius 2 is 2.00 bits per heavy atom. The number of carboxylic acids is 1. The van der Waals surface area contributed by atoms with Gasteiger partial charge in [-0.25, -0.2) is 4.79 Å². The van der Waals surface area contributed by atoms with Gasteiger partial charge < -0.3 is 9.84 Å². The largest absolute Gasteiger partial charge is 0.479 e. The van der Waals surface area contributed by atoms with Gasteiger partial charge in [-0.3, -0.25) is 0 Å². The lowest BCUT2D eigenvalue weighted by Gasteiger charge is -2.13. The average molecular weight is 202 g/mol. The van der Waals surface area contributed by atoms with E-state index in [2.05, 4.69) is 13.8 Å². The summed E-state index contributed by atoms with van der Waals surface area (Å²) in [7, 11) is 0. The van der Waals surface area contributed by atoms with E-state index in [4.69, 9.17) is 9.84 Å². The number of hydrogen-bond acceptors (Lipinski definition) is 2. The molecule has 3 nitrogen and oxygen atoms in total. The van der Waals surface area contributed by atoms with Crippen LogP contribution in [0.3, 0.4) is 0 Å². The van der Waals surface area contributed by atoms with Crippen molar-refractivity contribution in [3.63, 3.8) is 0 Å². The van der Waals surface area contributed by atoms with Gasteiger partial charge >= 0.3 is 5.97 Å². The molecule has 0 aromatic carbocycles. The van der Waals surface area contributed by atoms with Gasteiger partial charge in [-0.1, -0.05) is 33.1 Å². The number of carbonyl (C=O) groups is 1. The van der Waals surface area contributed by atoms with Crippen molar-refractivity contribution in [2.45, 2.75) is 52.6 Å². The monoisotopic (exact) mass is 202 g/mol. The number of carboxylic acid groups (broad SMARTS) is 1. The summed E-state index contributed by atoms with van der Waals surface area (Å²) in [5.41, 5.74) is 0. The molecule has 2 unspecified atom stereocenters. The van der Waals surface area contributed by atoms with Gasteiger partial charge in [0.25, 0.3) is 0 Å². The summed E-state index contributed by atoms with van der Waals surface area (Å²) in [6.45, 7) is 6.40. The van der Waals surface area contributed by atoms with Gasteiger partial charge in [-0.15, -0.1) is 0 Å². The summed E-state index contributed by atoms with van der Waals surface area (Å²) < 4.78 is 5.20. The Bertz CT molecular complexity index is 157. The molecule has 0 aromatic rings. The van der Waals surface area contributed by atoms with Crippen molar-refractivity contribution in [2.24, 2.45) is 5.92 Å². The lowest BCUT2D eigenvalue weighted by Crippen LogP contribution is -2.22. The summed E-state index contributed by atoms with van der Waals surface area (Å²) in [6.07, 6.45) is 4.13. The zero-order valence-corrected chi connectivity index (χ0v) is 9.45. The van der Waals surface area contributed by atoms with Crippen molar-refractivity contribution in [3.05, 3.63) is 0 Å². The van der Waals surface area contributed by atoms with Crippen LogP contribution in [0.4, 0.5) is 0 Å². The average Bonchev–Trinajstić information content (AvgIpc) is 2.14. The van der Waals surface area contributed by atoms with E-state index in [1.807, 2.05) is 0 Å². The molecule has 0 saturated heterocycles. The van der Waals surface area contributed by atoms with E-state index in [1.54, 1.807) is 6.92 Å². The number of aliphatic carboxylic acids is 1. The van der Waals surface area contributed by atoms with E-state index >= 15 is 0 Å². The zero-order valence-electron chi connectivity index (χ0n) is 9.45. The topological polar surface area (TPSA) is 46.5 Å². The minimum absolute atomic E-state index is 0.461. The van der Waals surface area contributed by atoms with E-state index < -0.39 is 12.1 Å². The molecule has 0 fully saturated rings. The fourth-order valence-corrected chi connectivity index (χ4v) is 1.21. The Labute approximate surface area is 86.5 Å². The number of unbranched alkanes of at least 4 members (excludes halogenated alkanes) is 2. The van der Waals surface area contributed by atoms with Crippen LogP contribution in [0.1, 0.15) is 46.5 Å². The molecule has 0 bridgehead atoms. The van der Waals surface area contributed by atoms with Crippen LogP contribution in [-0.4, -0.2) is 23.8 Å². The highest BCUT2D eigenvalue weighted by Gasteiger charge is 2.12. The fourth-order valence-electron chi connectivity index (χ4n) is 1.21. The highest BCUT2D eigenvalue weighted by Crippen LogP contribution is 2.10. The van der Waals surface area contributed by atoms with Crippen molar-refractivity contribution in [1.29, 1.82) is 0 Å². The molecular formula is C11H22O3. The first-order chi connectivity index (χ1) is 6.57. The lowest BCUT2D eigenvalue weighted by atomic mass is 10.0. The third-order valence-electron chi connectivity index (χ3n) is 2.28. The number of ether oxygens (including phenoxy) is 1. The molecule has 3 heteroatoms. The first-order valence-corrected chi connectivity index (χ1v) is 5.42. The number of hydrogen-bond donors (Lipinski definition) is 1. The van der Waals surface area contributed by atoms with Gasteiger partial charge in [-0.2, -0.15) is 0 Å². The van der Waals surface area contributed by atoms with Crippen LogP contribution >= 0.6 is 0 Å². The molecule has 0 aliphatic carbocycles. The SMILES string of the molecule is CCCCCC(C)COC(C)C(=O)O. The predicted octanol–water partition coefficient (Wildman–Crippen LogP) is 2.69. The van der Waals surface area contributed by atoms with E-state index in [-0.39, 0.29) is 0 Å². The Hall–Kier alpha value is -0.570. The molecule has 1 N–H and O–H groups in total. The van der Waals surface area contributed by atoms with E-state index in [1.165, 1.54) is 19.3 Å². The van der Waals surface area contributed by atoms with Crippen LogP contribution in [0.25, 0.3) is 0 Å². The van der Waals surface area contributed by atoms with Crippen molar-refractivity contribution in [1.82, 2.24) is 0 Å². The van der Waals surface area contributed by atoms with Gasteiger partial charge in [0, 0.05) is 0 Å². The minimum Gasteiger partial charge on any atom is -0.479 e. The second-order valence-electron chi connectivity index (χ2n) is 3.91. The van der Waals surface area contributed by atoms with Crippen molar-refractivity contribution < 1.29 is 14.6 Å². The van der Waals surface area contributed by atoms with Crippen molar-refractivity contribution in [3.8, 4) is 0 Å². The molecule has 0 spiro atoms. The second kappa shape index (κ2) is 7.80. The summed E-state index contributed by atoms with van der Waals surface area (Å²) in [6, 6.07) is 0. The molecule has 0 aliphatic heterocycles. The van der Waals surface area contributed by atoms with Crippen LogP contribution in [0.2, 0.25) is 0 Å². The van der Waals surface area contributed by atoms with Crippen molar-refractivity contribution >= 4 is 5.97 Å². The van der Waals surface area contributed by atoms with Gasteiger partial charge in [0.2, 0.25) is 0 Å². The molecule has 0 rings (SSSR count). The van der Waals surface area contributed by atoms with E-state index in [0.717, 1.165) is 6.42 Å². The maximum absolute atomic E-state index is 10.4. The number of rotatable bonds is 8. The summed E-state index contributed by atoms with van der Waals surface area (Å²) in [5.74, 6) is -0.422. The fraction of sp³-hybridized carbons (Fsp3) is 0.909. The molecule has 0 radical (unpaired) electrons. The molecule has 0 aromatic heterocycles. The first-order valence-electron chi connectivity index (χ1n) is 5.42. The second-order valence-corrected chi connectivity index (χ2v) is 3.91. The van der Waals surface area contributed by atoms with E-state index in [0.29, 0.717) is 12.5 Å². The first kappa shape index (κ1) is 13.4. The van der Waals surface area contributed by atoms with Gasteiger partial charge in [0.1, 0.15) is 0 Å². The Kier molecular flexibility index (Phi) is 7.48. The predicted molar refractivity (Wildman–Crippen MR) is 56.4 cm³/mol. The van der Waals surface area contributed by atoms with Crippen LogP contribution in [0.15, 0.2) is 0 Å². The molecule has 84 valence electrons. The van der Waals surface area contributed by atoms with Crippen LogP contribution < -0.4 is 0 Å². The quantitative estimate of drug-likeness (QED) is 0.615. The maximum Gasteiger partial charge on any atom is 0.332 e. The van der Waals surface area contributed by atoms with E-state index in [9.17, 15) is 4.79 Å². The maximum atomic E-state index is 10.4. The highest BCUT2D eigenvalue weighted by molar-refractivity contribution is 5.71. The van der Waals surface area contributed by atoms with Gasteiger partial charge in [-0.05, 0) is 19.3 Å². The highest BCUT2D eigenvalue weighted by atomic mass is 16.5. The molecular weight excluding hydrogens is 180 g/mol. The van der Waals surface area contributed by atoms with Gasteiger partial charge in [0.05, 0.1) is 6.61 Å². The van der Waals surface area contributed by atoms with Crippen LogP contribution in [0, 0.1) is 5.92 Å². The molecule has 0 saturated carbocycles. The smallest absolute Gasteiger partial charge is 0.332 e. The Morgan fingerprint density at radius 1 is 1.36 bits per heavy atom. The van der Waals surface area contributed by atoms with Gasteiger partial charge in [0.15, 0.2) is 6.10 Å². The third-order valence-corrected chi connectivity index (χ3v) is 2.28. The zero-order chi connectivity index (χ0) is 11.0. The third kappa shape index (κ3) is 6.89. The Balaban J connectivity index is 3.43.